The van der Waals surface area contributed by atoms with Crippen molar-refractivity contribution in [2.45, 2.75) is 24.7 Å². The molecule has 0 atom stereocenters. The third kappa shape index (κ3) is 5.66. The van der Waals surface area contributed by atoms with E-state index in [0.29, 0.717) is 24.9 Å². The van der Waals surface area contributed by atoms with Gasteiger partial charge in [0.1, 0.15) is 23.4 Å². The van der Waals surface area contributed by atoms with Crippen LogP contribution in [-0.2, 0) is 17.5 Å². The van der Waals surface area contributed by atoms with Crippen molar-refractivity contribution in [3.63, 3.8) is 0 Å². The lowest BCUT2D eigenvalue weighted by atomic mass is 10.1. The van der Waals surface area contributed by atoms with E-state index in [1.807, 2.05) is 0 Å². The summed E-state index contributed by atoms with van der Waals surface area (Å²) in [4.78, 5) is 7.13. The summed E-state index contributed by atoms with van der Waals surface area (Å²) < 4.78 is 49.8. The zero-order valence-electron chi connectivity index (χ0n) is 14.3. The summed E-state index contributed by atoms with van der Waals surface area (Å²) in [5.41, 5.74) is -1.01. The number of aromatic nitrogens is 3. The van der Waals surface area contributed by atoms with E-state index in [0.717, 1.165) is 6.07 Å². The van der Waals surface area contributed by atoms with Crippen LogP contribution in [0.1, 0.15) is 16.8 Å². The van der Waals surface area contributed by atoms with Crippen molar-refractivity contribution in [2.24, 2.45) is 4.99 Å². The molecule has 0 saturated heterocycles. The Bertz CT molecular complexity index is 877. The lowest BCUT2D eigenvalue weighted by Crippen LogP contribution is -2.36. The van der Waals surface area contributed by atoms with Crippen LogP contribution >= 0.6 is 11.8 Å². The molecule has 12 heteroatoms. The molecule has 0 unspecified atom stereocenters. The minimum atomic E-state index is -4.65. The number of halogens is 3. The molecule has 0 spiro atoms. The number of rotatable bonds is 7. The molecule has 2 aromatic rings. The van der Waals surface area contributed by atoms with E-state index in [1.54, 1.807) is 6.07 Å². The summed E-state index contributed by atoms with van der Waals surface area (Å²) in [6.45, 7) is 2.16. The number of nitrogens with zero attached hydrogens (tertiary/aromatic N) is 5. The van der Waals surface area contributed by atoms with Gasteiger partial charge < -0.3 is 9.84 Å². The molecular formula is C15H14F3N5O3S. The number of pyridine rings is 1. The Hall–Kier alpha value is -2.65. The van der Waals surface area contributed by atoms with E-state index < -0.39 is 17.8 Å². The van der Waals surface area contributed by atoms with E-state index in [9.17, 15) is 18.3 Å². The summed E-state index contributed by atoms with van der Waals surface area (Å²) in [5.74, 6) is -1.04. The molecule has 0 saturated carbocycles. The maximum atomic E-state index is 12.9. The van der Waals surface area contributed by atoms with Gasteiger partial charge in [-0.1, -0.05) is 11.8 Å². The van der Waals surface area contributed by atoms with Crippen LogP contribution in [0.15, 0.2) is 26.8 Å². The molecule has 0 aromatic carbocycles. The van der Waals surface area contributed by atoms with E-state index in [2.05, 4.69) is 15.2 Å². The highest BCUT2D eigenvalue weighted by Crippen LogP contribution is 2.32. The second kappa shape index (κ2) is 8.83. The molecule has 0 aliphatic rings. The van der Waals surface area contributed by atoms with Crippen LogP contribution in [0.3, 0.4) is 0 Å². The molecule has 27 heavy (non-hydrogen) atoms. The van der Waals surface area contributed by atoms with Crippen LogP contribution < -0.4 is 9.79 Å². The van der Waals surface area contributed by atoms with E-state index in [-0.39, 0.29) is 27.8 Å². The summed E-state index contributed by atoms with van der Waals surface area (Å²) in [5, 5.41) is 24.5. The van der Waals surface area contributed by atoms with Gasteiger partial charge in [0.2, 0.25) is 11.8 Å². The van der Waals surface area contributed by atoms with Crippen LogP contribution in [0.4, 0.5) is 19.1 Å². The molecule has 0 N–H and O–H groups in total. The average Bonchev–Trinajstić information content (AvgIpc) is 3.04. The summed E-state index contributed by atoms with van der Waals surface area (Å²) in [7, 11) is 1.52. The minimum Gasteiger partial charge on any atom is -0.861 e. The first kappa shape index (κ1) is 20.7. The fourth-order valence-electron chi connectivity index (χ4n) is 1.92. The fraction of sp³-hybridized carbons (Fsp3) is 0.400. The second-order valence-electron chi connectivity index (χ2n) is 5.20. The first-order chi connectivity index (χ1) is 12.7. The summed E-state index contributed by atoms with van der Waals surface area (Å²) >= 11 is 0.698. The molecule has 0 fully saturated rings. The molecule has 0 bridgehead atoms. The van der Waals surface area contributed by atoms with Crippen LogP contribution in [0.25, 0.3) is 0 Å². The van der Waals surface area contributed by atoms with Gasteiger partial charge in [0, 0.05) is 12.9 Å². The van der Waals surface area contributed by atoms with Crippen molar-refractivity contribution in [3.8, 4) is 6.07 Å². The number of methoxy groups -OCH3 is 1. The Balaban J connectivity index is 2.14. The molecular weight excluding hydrogens is 387 g/mol. The number of aliphatic imine (C=N–C) groups is 1. The van der Waals surface area contributed by atoms with Crippen molar-refractivity contribution in [1.29, 1.82) is 5.26 Å². The second-order valence-corrected chi connectivity index (χ2v) is 6.17. The molecule has 0 aliphatic carbocycles. The van der Waals surface area contributed by atoms with Crippen LogP contribution in [0.5, 0.6) is 0 Å². The number of nitriles is 1. The van der Waals surface area contributed by atoms with Crippen molar-refractivity contribution in [3.05, 3.63) is 29.1 Å². The summed E-state index contributed by atoms with van der Waals surface area (Å²) in [6, 6.07) is 2.60. The van der Waals surface area contributed by atoms with Gasteiger partial charge in [0.15, 0.2) is 0 Å². The van der Waals surface area contributed by atoms with Crippen LogP contribution in [0, 0.1) is 18.3 Å². The molecule has 2 heterocycles. The predicted octanol–water partition coefficient (Wildman–Crippen LogP) is 1.38. The SMILES string of the molecule is COCC[n+]1cc(/N=C(/[O-])CSc2nc(C(F)(F)F)cc(C)c2C#N)on1. The Morgan fingerprint density at radius 3 is 2.89 bits per heavy atom. The standard InChI is InChI=1S/C15H14F3N5O3S/c1-9-5-11(15(16,17)18)20-14(10(9)6-19)27-8-12(24)21-13-7-23(22-26-13)3-4-25-2/h5,7H,3-4,8H2,1-2H3. The minimum absolute atomic E-state index is 0.0159. The maximum absolute atomic E-state index is 12.9. The molecule has 0 amide bonds. The van der Waals surface area contributed by atoms with Gasteiger partial charge in [-0.15, -0.1) is 0 Å². The molecule has 144 valence electrons. The zero-order valence-corrected chi connectivity index (χ0v) is 15.1. The highest BCUT2D eigenvalue weighted by atomic mass is 32.2. The number of alkyl halides is 3. The first-order valence-electron chi connectivity index (χ1n) is 7.46. The number of hydrogen-bond donors (Lipinski definition) is 0. The Morgan fingerprint density at radius 1 is 1.52 bits per heavy atom. The van der Waals surface area contributed by atoms with Crippen molar-refractivity contribution in [2.75, 3.05) is 19.5 Å². The maximum Gasteiger partial charge on any atom is 0.433 e. The van der Waals surface area contributed by atoms with Gasteiger partial charge in [0.05, 0.1) is 5.56 Å². The number of hydrogen-bond acceptors (Lipinski definition) is 8. The highest BCUT2D eigenvalue weighted by Gasteiger charge is 2.33. The number of ether oxygens (including phenoxy) is 1. The van der Waals surface area contributed by atoms with Crippen LogP contribution in [-0.4, -0.2) is 35.6 Å². The van der Waals surface area contributed by atoms with Gasteiger partial charge >= 0.3 is 12.1 Å². The molecule has 8 nitrogen and oxygen atoms in total. The van der Waals surface area contributed by atoms with Gasteiger partial charge in [-0.3, -0.25) is 4.52 Å². The smallest absolute Gasteiger partial charge is 0.433 e. The zero-order chi connectivity index (χ0) is 20.0. The monoisotopic (exact) mass is 401 g/mol. The Kier molecular flexibility index (Phi) is 6.75. The normalized spacial score (nSPS) is 12.2. The highest BCUT2D eigenvalue weighted by molar-refractivity contribution is 7.99. The quantitative estimate of drug-likeness (QED) is 0.298. The van der Waals surface area contributed by atoms with Crippen molar-refractivity contribution in [1.82, 2.24) is 10.3 Å². The van der Waals surface area contributed by atoms with Gasteiger partial charge in [-0.25, -0.2) is 9.98 Å². The topological polar surface area (TPSA) is 111 Å². The average molecular weight is 401 g/mol. The lowest BCUT2D eigenvalue weighted by Gasteiger charge is -2.13. The van der Waals surface area contributed by atoms with Crippen molar-refractivity contribution >= 4 is 23.5 Å². The molecule has 2 aromatic heterocycles. The van der Waals surface area contributed by atoms with Gasteiger partial charge in [-0.05, 0) is 29.1 Å². The molecule has 0 radical (unpaired) electrons. The number of thioether (sulfide) groups is 1. The third-order valence-electron chi connectivity index (χ3n) is 3.18. The van der Waals surface area contributed by atoms with E-state index in [1.165, 1.54) is 24.9 Å². The van der Waals surface area contributed by atoms with E-state index in [4.69, 9.17) is 14.5 Å². The largest absolute Gasteiger partial charge is 0.861 e. The van der Waals surface area contributed by atoms with Gasteiger partial charge in [0.25, 0.3) is 6.20 Å². The molecule has 0 aliphatic heterocycles. The van der Waals surface area contributed by atoms with Gasteiger partial charge in [-0.2, -0.15) is 18.4 Å². The first-order valence-corrected chi connectivity index (χ1v) is 8.45. The van der Waals surface area contributed by atoms with Crippen molar-refractivity contribution < 1.29 is 32.2 Å². The Labute approximate surface area is 156 Å². The molecule has 2 rings (SSSR count). The lowest BCUT2D eigenvalue weighted by molar-refractivity contribution is -0.763. The van der Waals surface area contributed by atoms with Crippen LogP contribution in [0.2, 0.25) is 0 Å². The Morgan fingerprint density at radius 2 is 2.26 bits per heavy atom. The predicted molar refractivity (Wildman–Crippen MR) is 85.1 cm³/mol. The summed E-state index contributed by atoms with van der Waals surface area (Å²) in [6.07, 6.45) is -3.27. The van der Waals surface area contributed by atoms with E-state index >= 15 is 0 Å². The number of aryl methyl sites for hydroxylation is 1. The fourth-order valence-corrected chi connectivity index (χ4v) is 2.76. The third-order valence-corrected chi connectivity index (χ3v) is 4.14.